The predicted octanol–water partition coefficient (Wildman–Crippen LogP) is 0.851. The molecule has 0 atom stereocenters. The van der Waals surface area contributed by atoms with Crippen LogP contribution in [0.4, 0.5) is 0 Å². The molecule has 0 radical (unpaired) electrons. The fourth-order valence-corrected chi connectivity index (χ4v) is 1.51. The summed E-state index contributed by atoms with van der Waals surface area (Å²) in [7, 11) is 2.35. The van der Waals surface area contributed by atoms with Gasteiger partial charge in [0.15, 0.2) is 12.0 Å². The predicted molar refractivity (Wildman–Crippen MR) is 70.3 cm³/mol. The Hall–Kier alpha value is -2.29. The number of hydrogen-bond donors (Lipinski definition) is 0. The number of hydrogen-bond acceptors (Lipinski definition) is 6. The maximum Gasteiger partial charge on any atom is 0.324 e. The van der Waals surface area contributed by atoms with Crippen molar-refractivity contribution in [2.45, 2.75) is 19.8 Å². The third-order valence-electron chi connectivity index (χ3n) is 2.51. The molecule has 0 bridgehead atoms. The van der Waals surface area contributed by atoms with E-state index in [1.807, 2.05) is 0 Å². The maximum absolute atomic E-state index is 11.9. The molecule has 0 N–H and O–H groups in total. The third kappa shape index (κ3) is 4.76. The molecular weight excluding hydrogens is 264 g/mol. The van der Waals surface area contributed by atoms with E-state index in [4.69, 9.17) is 0 Å². The van der Waals surface area contributed by atoms with Gasteiger partial charge >= 0.3 is 17.9 Å². The summed E-state index contributed by atoms with van der Waals surface area (Å²) in [5.41, 5.74) is -1.55. The zero-order valence-electron chi connectivity index (χ0n) is 11.9. The summed E-state index contributed by atoms with van der Waals surface area (Å²) in [6, 6.07) is 0. The molecule has 0 amide bonds. The summed E-state index contributed by atoms with van der Waals surface area (Å²) in [6.45, 7) is 4.66. The summed E-state index contributed by atoms with van der Waals surface area (Å²) in [5.74, 6) is 3.22. The molecule has 0 heterocycles. The minimum Gasteiger partial charge on any atom is -0.468 e. The van der Waals surface area contributed by atoms with Crippen molar-refractivity contribution in [2.75, 3.05) is 20.8 Å². The normalized spacial score (nSPS) is 9.75. The van der Waals surface area contributed by atoms with Crippen LogP contribution in [-0.4, -0.2) is 38.7 Å². The Kier molecular flexibility index (Phi) is 7.75. The molecule has 0 aliphatic carbocycles. The van der Waals surface area contributed by atoms with E-state index in [9.17, 15) is 14.4 Å². The highest BCUT2D eigenvalue weighted by molar-refractivity contribution is 6.00. The van der Waals surface area contributed by atoms with E-state index in [-0.39, 0.29) is 19.4 Å². The van der Waals surface area contributed by atoms with Crippen LogP contribution >= 0.6 is 0 Å². The Bertz CT molecular complexity index is 424. The number of carbonyl (C=O) groups is 3. The lowest BCUT2D eigenvalue weighted by atomic mass is 9.81. The molecule has 6 heteroatoms. The van der Waals surface area contributed by atoms with Crippen LogP contribution in [0.5, 0.6) is 0 Å². The first-order chi connectivity index (χ1) is 9.44. The van der Waals surface area contributed by atoms with Crippen molar-refractivity contribution in [1.82, 2.24) is 0 Å². The Morgan fingerprint density at radius 3 is 2.10 bits per heavy atom. The van der Waals surface area contributed by atoms with Crippen LogP contribution in [-0.2, 0) is 28.6 Å². The first kappa shape index (κ1) is 17.7. The zero-order chi connectivity index (χ0) is 15.6. The number of carbonyl (C=O) groups excluding carboxylic acids is 3. The fourth-order valence-electron chi connectivity index (χ4n) is 1.51. The largest absolute Gasteiger partial charge is 0.468 e. The summed E-state index contributed by atoms with van der Waals surface area (Å²) in [5, 5.41) is 0. The first-order valence-corrected chi connectivity index (χ1v) is 5.81. The van der Waals surface area contributed by atoms with Gasteiger partial charge in [0.05, 0.1) is 14.2 Å². The second-order valence-electron chi connectivity index (χ2n) is 3.87. The van der Waals surface area contributed by atoms with Gasteiger partial charge in [0.1, 0.15) is 0 Å². The lowest BCUT2D eigenvalue weighted by Crippen LogP contribution is -2.40. The molecule has 0 spiro atoms. The van der Waals surface area contributed by atoms with Gasteiger partial charge < -0.3 is 14.2 Å². The molecule has 0 aliphatic rings. The number of ether oxygens (including phenoxy) is 3. The molecule has 0 aromatic heterocycles. The number of rotatable bonds is 6. The van der Waals surface area contributed by atoms with E-state index in [1.54, 1.807) is 0 Å². The molecule has 0 aliphatic heterocycles. The molecule has 0 saturated carbocycles. The quantitative estimate of drug-likeness (QED) is 0.236. The van der Waals surface area contributed by atoms with E-state index >= 15 is 0 Å². The van der Waals surface area contributed by atoms with E-state index in [0.717, 1.165) is 0 Å². The van der Waals surface area contributed by atoms with Crippen molar-refractivity contribution >= 4 is 17.9 Å². The summed E-state index contributed by atoms with van der Waals surface area (Å²) < 4.78 is 13.9. The Labute approximate surface area is 118 Å². The maximum atomic E-state index is 11.9. The molecular formula is C14H18O6. The molecule has 0 fully saturated rings. The summed E-state index contributed by atoms with van der Waals surface area (Å²) >= 11 is 0. The van der Waals surface area contributed by atoms with Crippen LogP contribution in [0.15, 0.2) is 12.7 Å². The van der Waals surface area contributed by atoms with Gasteiger partial charge in [-0.2, -0.15) is 0 Å². The average molecular weight is 282 g/mol. The lowest BCUT2D eigenvalue weighted by Gasteiger charge is -2.24. The van der Waals surface area contributed by atoms with Gasteiger partial charge in [-0.25, -0.2) is 0 Å². The van der Waals surface area contributed by atoms with Gasteiger partial charge in [-0.3, -0.25) is 14.4 Å². The smallest absolute Gasteiger partial charge is 0.324 e. The standard InChI is InChI=1S/C14H18O6/c1-5-8-14(12(16)18-3,13(17)19-4)9-6-7-10-20-11(2)15/h5H,1,8-10H2,2-4H3. The highest BCUT2D eigenvalue weighted by Crippen LogP contribution is 2.30. The van der Waals surface area contributed by atoms with Crippen molar-refractivity contribution in [3.05, 3.63) is 12.7 Å². The Morgan fingerprint density at radius 1 is 1.15 bits per heavy atom. The minimum atomic E-state index is -1.55. The van der Waals surface area contributed by atoms with Gasteiger partial charge in [0, 0.05) is 13.3 Å². The van der Waals surface area contributed by atoms with E-state index in [1.165, 1.54) is 27.2 Å². The molecule has 6 nitrogen and oxygen atoms in total. The van der Waals surface area contributed by atoms with Crippen LogP contribution in [0.3, 0.4) is 0 Å². The minimum absolute atomic E-state index is 0.0363. The van der Waals surface area contributed by atoms with Crippen molar-refractivity contribution in [1.29, 1.82) is 0 Å². The van der Waals surface area contributed by atoms with Gasteiger partial charge in [-0.15, -0.1) is 6.58 Å². The topological polar surface area (TPSA) is 78.9 Å². The fraction of sp³-hybridized carbons (Fsp3) is 0.500. The van der Waals surface area contributed by atoms with Crippen molar-refractivity contribution in [2.24, 2.45) is 5.41 Å². The van der Waals surface area contributed by atoms with Crippen molar-refractivity contribution < 1.29 is 28.6 Å². The van der Waals surface area contributed by atoms with Crippen LogP contribution in [0, 0.1) is 17.3 Å². The summed E-state index contributed by atoms with van der Waals surface area (Å²) in [6.07, 6.45) is 1.34. The van der Waals surface area contributed by atoms with Crippen molar-refractivity contribution in [3.8, 4) is 11.8 Å². The number of allylic oxidation sites excluding steroid dienone is 1. The van der Waals surface area contributed by atoms with Gasteiger partial charge in [0.2, 0.25) is 0 Å². The summed E-state index contributed by atoms with van der Waals surface area (Å²) in [4.78, 5) is 34.3. The molecule has 0 rings (SSSR count). The van der Waals surface area contributed by atoms with Gasteiger partial charge in [-0.1, -0.05) is 17.9 Å². The molecule has 0 aromatic carbocycles. The first-order valence-electron chi connectivity index (χ1n) is 5.81. The Balaban J connectivity index is 5.09. The van der Waals surface area contributed by atoms with E-state index in [2.05, 4.69) is 32.6 Å². The molecule has 0 aromatic rings. The lowest BCUT2D eigenvalue weighted by molar-refractivity contribution is -0.168. The molecule has 0 saturated heterocycles. The van der Waals surface area contributed by atoms with Crippen LogP contribution < -0.4 is 0 Å². The van der Waals surface area contributed by atoms with Crippen LogP contribution in [0.1, 0.15) is 19.8 Å². The zero-order valence-corrected chi connectivity index (χ0v) is 11.9. The third-order valence-corrected chi connectivity index (χ3v) is 2.51. The molecule has 110 valence electrons. The number of esters is 3. The van der Waals surface area contributed by atoms with Gasteiger partial charge in [-0.05, 0) is 6.42 Å². The highest BCUT2D eigenvalue weighted by Gasteiger charge is 2.46. The number of methoxy groups -OCH3 is 2. The van der Waals surface area contributed by atoms with E-state index in [0.29, 0.717) is 0 Å². The second kappa shape index (κ2) is 8.75. The van der Waals surface area contributed by atoms with Crippen molar-refractivity contribution in [3.63, 3.8) is 0 Å². The molecule has 0 unspecified atom stereocenters. The second-order valence-corrected chi connectivity index (χ2v) is 3.87. The highest BCUT2D eigenvalue weighted by atomic mass is 16.5. The average Bonchev–Trinajstić information content (AvgIpc) is 2.43. The Morgan fingerprint density at radius 2 is 1.70 bits per heavy atom. The van der Waals surface area contributed by atoms with E-state index < -0.39 is 23.3 Å². The SMILES string of the molecule is C=CCC(CC#CCOC(C)=O)(C(=O)OC)C(=O)OC. The van der Waals surface area contributed by atoms with Crippen LogP contribution in [0.2, 0.25) is 0 Å². The molecule has 20 heavy (non-hydrogen) atoms. The van der Waals surface area contributed by atoms with Crippen LogP contribution in [0.25, 0.3) is 0 Å². The monoisotopic (exact) mass is 282 g/mol. The van der Waals surface area contributed by atoms with Gasteiger partial charge in [0.25, 0.3) is 0 Å².